The maximum Gasteiger partial charge on any atom is 0.253 e. The molecule has 1 amide bonds. The first kappa shape index (κ1) is 22.7. The molecule has 1 aromatic heterocycles. The van der Waals surface area contributed by atoms with Gasteiger partial charge in [0.2, 0.25) is 0 Å². The SMILES string of the molecule is CCCCCCOc1ccc(C(=O)N(C)Cc2csc(CN3CCOCC3)n2)cc1. The van der Waals surface area contributed by atoms with E-state index in [-0.39, 0.29) is 5.91 Å². The van der Waals surface area contributed by atoms with E-state index in [2.05, 4.69) is 17.2 Å². The Morgan fingerprint density at radius 1 is 1.20 bits per heavy atom. The van der Waals surface area contributed by atoms with Crippen molar-refractivity contribution in [2.45, 2.75) is 45.7 Å². The second-order valence-corrected chi connectivity index (χ2v) is 8.66. The van der Waals surface area contributed by atoms with Crippen molar-refractivity contribution in [1.29, 1.82) is 0 Å². The number of unbranched alkanes of at least 4 members (excludes halogenated alkanes) is 3. The number of hydrogen-bond acceptors (Lipinski definition) is 6. The first-order valence-electron chi connectivity index (χ1n) is 10.9. The Labute approximate surface area is 183 Å². The van der Waals surface area contributed by atoms with Gasteiger partial charge in [0.05, 0.1) is 38.6 Å². The lowest BCUT2D eigenvalue weighted by Crippen LogP contribution is -2.35. The van der Waals surface area contributed by atoms with Gasteiger partial charge in [-0.2, -0.15) is 0 Å². The second kappa shape index (κ2) is 12.0. The average molecular weight is 432 g/mol. The third-order valence-electron chi connectivity index (χ3n) is 5.18. The molecule has 1 aromatic carbocycles. The molecule has 2 heterocycles. The van der Waals surface area contributed by atoms with Gasteiger partial charge >= 0.3 is 0 Å². The zero-order valence-corrected chi connectivity index (χ0v) is 19.0. The van der Waals surface area contributed by atoms with Gasteiger partial charge in [0.1, 0.15) is 10.8 Å². The smallest absolute Gasteiger partial charge is 0.253 e. The number of hydrogen-bond donors (Lipinski definition) is 0. The minimum atomic E-state index is -0.00720. The Balaban J connectivity index is 1.46. The molecule has 0 aliphatic carbocycles. The maximum absolute atomic E-state index is 12.8. The number of nitrogens with zero attached hydrogens (tertiary/aromatic N) is 3. The molecule has 0 bridgehead atoms. The Hall–Kier alpha value is -1.96. The molecule has 1 saturated heterocycles. The van der Waals surface area contributed by atoms with Crippen LogP contribution in [0.15, 0.2) is 29.6 Å². The topological polar surface area (TPSA) is 54.9 Å². The van der Waals surface area contributed by atoms with E-state index < -0.39 is 0 Å². The van der Waals surface area contributed by atoms with Gasteiger partial charge in [-0.25, -0.2) is 4.98 Å². The van der Waals surface area contributed by atoms with Crippen LogP contribution < -0.4 is 4.74 Å². The highest BCUT2D eigenvalue weighted by Crippen LogP contribution is 2.17. The largest absolute Gasteiger partial charge is 0.494 e. The highest BCUT2D eigenvalue weighted by atomic mass is 32.1. The third-order valence-corrected chi connectivity index (χ3v) is 6.06. The van der Waals surface area contributed by atoms with Crippen molar-refractivity contribution < 1.29 is 14.3 Å². The van der Waals surface area contributed by atoms with Crippen LogP contribution in [0.3, 0.4) is 0 Å². The predicted octanol–water partition coefficient (Wildman–Crippen LogP) is 4.21. The quantitative estimate of drug-likeness (QED) is 0.499. The molecule has 164 valence electrons. The molecule has 0 N–H and O–H groups in total. The minimum absolute atomic E-state index is 0.00720. The highest BCUT2D eigenvalue weighted by molar-refractivity contribution is 7.09. The number of carbonyl (C=O) groups is 1. The number of aromatic nitrogens is 1. The first-order valence-corrected chi connectivity index (χ1v) is 11.8. The predicted molar refractivity (Wildman–Crippen MR) is 120 cm³/mol. The molecule has 30 heavy (non-hydrogen) atoms. The van der Waals surface area contributed by atoms with Crippen molar-refractivity contribution in [3.8, 4) is 5.75 Å². The van der Waals surface area contributed by atoms with E-state index in [4.69, 9.17) is 14.5 Å². The van der Waals surface area contributed by atoms with Gasteiger partial charge in [-0.3, -0.25) is 9.69 Å². The lowest BCUT2D eigenvalue weighted by Gasteiger charge is -2.25. The van der Waals surface area contributed by atoms with E-state index >= 15 is 0 Å². The molecule has 0 unspecified atom stereocenters. The Morgan fingerprint density at radius 2 is 1.97 bits per heavy atom. The molecule has 1 fully saturated rings. The molecule has 3 rings (SSSR count). The van der Waals surface area contributed by atoms with Crippen LogP contribution in [0, 0.1) is 0 Å². The van der Waals surface area contributed by atoms with Crippen LogP contribution in [0.4, 0.5) is 0 Å². The number of amides is 1. The van der Waals surface area contributed by atoms with Crippen molar-refractivity contribution in [3.05, 3.63) is 45.9 Å². The van der Waals surface area contributed by atoms with Crippen molar-refractivity contribution >= 4 is 17.2 Å². The summed E-state index contributed by atoms with van der Waals surface area (Å²) in [7, 11) is 1.82. The Kier molecular flexibility index (Phi) is 9.11. The molecule has 1 aliphatic rings. The van der Waals surface area contributed by atoms with Crippen molar-refractivity contribution in [1.82, 2.24) is 14.8 Å². The van der Waals surface area contributed by atoms with E-state index in [1.807, 2.05) is 31.3 Å². The van der Waals surface area contributed by atoms with Crippen molar-refractivity contribution in [3.63, 3.8) is 0 Å². The molecule has 6 nitrogen and oxygen atoms in total. The fourth-order valence-electron chi connectivity index (χ4n) is 3.39. The molecular weight excluding hydrogens is 398 g/mol. The van der Waals surface area contributed by atoms with E-state index in [1.54, 1.807) is 16.2 Å². The van der Waals surface area contributed by atoms with Crippen LogP contribution in [0.25, 0.3) is 0 Å². The monoisotopic (exact) mass is 431 g/mol. The summed E-state index contributed by atoms with van der Waals surface area (Å²) < 4.78 is 11.2. The second-order valence-electron chi connectivity index (χ2n) is 7.72. The fraction of sp³-hybridized carbons (Fsp3) is 0.565. The normalized spacial score (nSPS) is 14.6. The van der Waals surface area contributed by atoms with Crippen LogP contribution in [-0.4, -0.2) is 60.6 Å². The number of carbonyl (C=O) groups excluding carboxylic acids is 1. The van der Waals surface area contributed by atoms with Gasteiger partial charge < -0.3 is 14.4 Å². The average Bonchev–Trinajstić information content (AvgIpc) is 3.21. The molecule has 0 radical (unpaired) electrons. The molecule has 0 spiro atoms. The Morgan fingerprint density at radius 3 is 2.70 bits per heavy atom. The number of morpholine rings is 1. The van der Waals surface area contributed by atoms with Gasteiger partial charge in [0.25, 0.3) is 5.91 Å². The van der Waals surface area contributed by atoms with Crippen molar-refractivity contribution in [2.24, 2.45) is 0 Å². The van der Waals surface area contributed by atoms with E-state index in [0.29, 0.717) is 12.1 Å². The zero-order valence-electron chi connectivity index (χ0n) is 18.1. The Bertz CT molecular complexity index is 772. The summed E-state index contributed by atoms with van der Waals surface area (Å²) >= 11 is 1.66. The number of thiazole rings is 1. The van der Waals surface area contributed by atoms with Gasteiger partial charge in [-0.05, 0) is 30.7 Å². The minimum Gasteiger partial charge on any atom is -0.494 e. The summed E-state index contributed by atoms with van der Waals surface area (Å²) in [4.78, 5) is 21.5. The number of benzene rings is 1. The standard InChI is InChI=1S/C23H33N3O3S/c1-3-4-5-6-13-29-21-9-7-19(8-10-21)23(27)25(2)16-20-18-30-22(24-20)17-26-11-14-28-15-12-26/h7-10,18H,3-6,11-17H2,1-2H3. The number of ether oxygens (including phenoxy) is 2. The first-order chi connectivity index (χ1) is 14.7. The van der Waals surface area contributed by atoms with Crippen LogP contribution in [0.2, 0.25) is 0 Å². The number of rotatable bonds is 11. The zero-order chi connectivity index (χ0) is 21.2. The van der Waals surface area contributed by atoms with Crippen LogP contribution in [-0.2, 0) is 17.8 Å². The molecule has 0 atom stereocenters. The summed E-state index contributed by atoms with van der Waals surface area (Å²) in [5.41, 5.74) is 1.60. The summed E-state index contributed by atoms with van der Waals surface area (Å²) in [6.07, 6.45) is 4.73. The van der Waals surface area contributed by atoms with E-state index in [1.165, 1.54) is 19.3 Å². The van der Waals surface area contributed by atoms with Gasteiger partial charge in [0, 0.05) is 31.1 Å². The van der Waals surface area contributed by atoms with Crippen LogP contribution >= 0.6 is 11.3 Å². The molecular formula is C23H33N3O3S. The lowest BCUT2D eigenvalue weighted by molar-refractivity contribution is 0.0341. The van der Waals surface area contributed by atoms with Crippen LogP contribution in [0.1, 0.15) is 53.7 Å². The lowest BCUT2D eigenvalue weighted by atomic mass is 10.2. The van der Waals surface area contributed by atoms with Gasteiger partial charge in [0.15, 0.2) is 0 Å². The van der Waals surface area contributed by atoms with Crippen LogP contribution in [0.5, 0.6) is 5.75 Å². The molecule has 0 saturated carbocycles. The van der Waals surface area contributed by atoms with E-state index in [0.717, 1.165) is 62.3 Å². The summed E-state index contributed by atoms with van der Waals surface area (Å²) in [6.45, 7) is 7.77. The molecule has 2 aromatic rings. The highest BCUT2D eigenvalue weighted by Gasteiger charge is 2.16. The van der Waals surface area contributed by atoms with Gasteiger partial charge in [-0.1, -0.05) is 26.2 Å². The molecule has 7 heteroatoms. The summed E-state index contributed by atoms with van der Waals surface area (Å²) in [5.74, 6) is 0.810. The third kappa shape index (κ3) is 7.07. The summed E-state index contributed by atoms with van der Waals surface area (Å²) in [6, 6.07) is 7.44. The van der Waals surface area contributed by atoms with Crippen molar-refractivity contribution in [2.75, 3.05) is 40.0 Å². The molecule has 1 aliphatic heterocycles. The maximum atomic E-state index is 12.8. The summed E-state index contributed by atoms with van der Waals surface area (Å²) in [5, 5.41) is 3.14. The van der Waals surface area contributed by atoms with E-state index in [9.17, 15) is 4.79 Å². The van der Waals surface area contributed by atoms with Gasteiger partial charge in [-0.15, -0.1) is 11.3 Å². The fourth-order valence-corrected chi connectivity index (χ4v) is 4.22.